The van der Waals surface area contributed by atoms with Gasteiger partial charge in [0.25, 0.3) is 0 Å². The van der Waals surface area contributed by atoms with Crippen LogP contribution in [0.4, 0.5) is 5.69 Å². The van der Waals surface area contributed by atoms with Gasteiger partial charge in [0, 0.05) is 36.3 Å². The van der Waals surface area contributed by atoms with Crippen LogP contribution < -0.4 is 11.1 Å². The van der Waals surface area contributed by atoms with Gasteiger partial charge in [0.1, 0.15) is 5.52 Å². The van der Waals surface area contributed by atoms with Crippen LogP contribution in [0.15, 0.2) is 30.7 Å². The largest absolute Gasteiger partial charge is 0.395 e. The molecular formula is C15H16ClN5OS. The summed E-state index contributed by atoms with van der Waals surface area (Å²) in [5.74, 6) is 0. The number of anilines is 1. The third-order valence-corrected chi connectivity index (χ3v) is 5.15. The predicted octanol–water partition coefficient (Wildman–Crippen LogP) is 2.21. The maximum atomic E-state index is 9.12. The number of thiophene rings is 1. The van der Waals surface area contributed by atoms with Crippen LogP contribution in [0.3, 0.4) is 0 Å². The van der Waals surface area contributed by atoms with Crippen molar-refractivity contribution in [1.82, 2.24) is 15.2 Å². The summed E-state index contributed by atoms with van der Waals surface area (Å²) < 4.78 is 0.944. The van der Waals surface area contributed by atoms with Gasteiger partial charge in [-0.15, -0.1) is 16.4 Å². The molecule has 23 heavy (non-hydrogen) atoms. The third-order valence-electron chi connectivity index (χ3n) is 3.40. The van der Waals surface area contributed by atoms with Gasteiger partial charge in [-0.05, 0) is 17.7 Å². The second-order valence-corrected chi connectivity index (χ2v) is 6.61. The summed E-state index contributed by atoms with van der Waals surface area (Å²) >= 11 is 7.91. The van der Waals surface area contributed by atoms with Crippen molar-refractivity contribution in [3.63, 3.8) is 0 Å². The molecule has 0 bridgehead atoms. The highest BCUT2D eigenvalue weighted by Crippen LogP contribution is 2.38. The molecule has 3 heterocycles. The van der Waals surface area contributed by atoms with E-state index in [0.717, 1.165) is 20.8 Å². The van der Waals surface area contributed by atoms with Crippen LogP contribution >= 0.6 is 22.9 Å². The second kappa shape index (κ2) is 7.18. The molecule has 0 fully saturated rings. The number of hydrogen-bond donors (Lipinski definition) is 3. The summed E-state index contributed by atoms with van der Waals surface area (Å²) in [6, 6.07) is 3.57. The third kappa shape index (κ3) is 3.59. The van der Waals surface area contributed by atoms with Crippen LogP contribution in [0, 0.1) is 0 Å². The van der Waals surface area contributed by atoms with Crippen LogP contribution in [0.1, 0.15) is 10.4 Å². The molecule has 0 spiro atoms. The monoisotopic (exact) mass is 349 g/mol. The van der Waals surface area contributed by atoms with Gasteiger partial charge < -0.3 is 16.2 Å². The minimum Gasteiger partial charge on any atom is -0.395 e. The molecule has 3 aromatic heterocycles. The molecule has 0 aliphatic heterocycles. The van der Waals surface area contributed by atoms with E-state index in [1.54, 1.807) is 18.6 Å². The number of aliphatic hydroxyl groups is 1. The number of aliphatic hydroxyl groups excluding tert-OH is 1. The molecule has 0 unspecified atom stereocenters. The molecular weight excluding hydrogens is 334 g/mol. The summed E-state index contributed by atoms with van der Waals surface area (Å²) in [7, 11) is 0. The van der Waals surface area contributed by atoms with E-state index in [-0.39, 0.29) is 12.6 Å². The molecule has 0 radical (unpaired) electrons. The minimum absolute atomic E-state index is 0.0800. The van der Waals surface area contributed by atoms with Crippen molar-refractivity contribution in [2.24, 2.45) is 5.73 Å². The molecule has 8 heteroatoms. The molecule has 6 nitrogen and oxygen atoms in total. The van der Waals surface area contributed by atoms with E-state index in [4.69, 9.17) is 22.4 Å². The molecule has 120 valence electrons. The van der Waals surface area contributed by atoms with Crippen LogP contribution in [0.5, 0.6) is 0 Å². The Morgan fingerprint density at radius 3 is 2.87 bits per heavy atom. The molecule has 0 aliphatic carbocycles. The number of fused-ring (bicyclic) bond motifs is 1. The predicted molar refractivity (Wildman–Crippen MR) is 92.8 cm³/mol. The average Bonchev–Trinajstić information content (AvgIpc) is 2.90. The standard InChI is InChI=1S/C15H16ClN5OS/c16-13-12(5-10(17)8-22)23-15-11(7-20-21-14(13)15)19-6-9-1-3-18-4-2-9/h1-4,7,10,22H,5-6,8,17H2,(H,19,21)/t10-/m1/s1. The Bertz CT molecular complexity index is 795. The maximum Gasteiger partial charge on any atom is 0.125 e. The topological polar surface area (TPSA) is 97.0 Å². The number of rotatable bonds is 6. The maximum absolute atomic E-state index is 9.12. The van der Waals surface area contributed by atoms with E-state index >= 15 is 0 Å². The fourth-order valence-corrected chi connectivity index (χ4v) is 3.77. The average molecular weight is 350 g/mol. The van der Waals surface area contributed by atoms with Crippen molar-refractivity contribution in [2.45, 2.75) is 19.0 Å². The van der Waals surface area contributed by atoms with Crippen molar-refractivity contribution in [3.05, 3.63) is 46.2 Å². The van der Waals surface area contributed by atoms with Crippen LogP contribution in [-0.4, -0.2) is 32.9 Å². The number of nitrogens with one attached hydrogen (secondary N) is 1. The highest BCUT2D eigenvalue weighted by atomic mass is 35.5. The Balaban J connectivity index is 1.87. The summed E-state index contributed by atoms with van der Waals surface area (Å²) in [6.07, 6.45) is 5.72. The van der Waals surface area contributed by atoms with Gasteiger partial charge in [0.05, 0.1) is 28.2 Å². The molecule has 0 aromatic carbocycles. The number of hydrogen-bond acceptors (Lipinski definition) is 7. The van der Waals surface area contributed by atoms with Crippen molar-refractivity contribution in [1.29, 1.82) is 0 Å². The van der Waals surface area contributed by atoms with Crippen LogP contribution in [-0.2, 0) is 13.0 Å². The number of pyridine rings is 1. The van der Waals surface area contributed by atoms with Gasteiger partial charge in [-0.1, -0.05) is 11.6 Å². The zero-order chi connectivity index (χ0) is 16.2. The molecule has 3 rings (SSSR count). The first-order chi connectivity index (χ1) is 11.2. The van der Waals surface area contributed by atoms with Crippen molar-refractivity contribution < 1.29 is 5.11 Å². The van der Waals surface area contributed by atoms with Crippen LogP contribution in [0.25, 0.3) is 10.2 Å². The number of aromatic nitrogens is 3. The van der Waals surface area contributed by atoms with E-state index in [9.17, 15) is 0 Å². The fraction of sp³-hybridized carbons (Fsp3) is 0.267. The van der Waals surface area contributed by atoms with E-state index in [0.29, 0.717) is 23.5 Å². The molecule has 1 atom stereocenters. The Hall–Kier alpha value is -1.80. The van der Waals surface area contributed by atoms with E-state index in [2.05, 4.69) is 20.5 Å². The first-order valence-corrected chi connectivity index (χ1v) is 8.30. The zero-order valence-electron chi connectivity index (χ0n) is 12.2. The van der Waals surface area contributed by atoms with E-state index in [1.807, 2.05) is 12.1 Å². The summed E-state index contributed by atoms with van der Waals surface area (Å²) in [4.78, 5) is 4.92. The number of halogens is 1. The van der Waals surface area contributed by atoms with Crippen molar-refractivity contribution in [2.75, 3.05) is 11.9 Å². The zero-order valence-corrected chi connectivity index (χ0v) is 13.8. The normalized spacial score (nSPS) is 12.5. The first kappa shape index (κ1) is 16.1. The molecule has 0 amide bonds. The smallest absolute Gasteiger partial charge is 0.125 e. The minimum atomic E-state index is -0.332. The van der Waals surface area contributed by atoms with E-state index in [1.165, 1.54) is 11.3 Å². The highest BCUT2D eigenvalue weighted by molar-refractivity contribution is 7.20. The summed E-state index contributed by atoms with van der Waals surface area (Å²) in [5.41, 5.74) is 8.47. The SMILES string of the molecule is N[C@@H](CO)Cc1sc2c(NCc3ccncc3)cnnc2c1Cl. The second-order valence-electron chi connectivity index (χ2n) is 5.13. The Morgan fingerprint density at radius 1 is 1.35 bits per heavy atom. The van der Waals surface area contributed by atoms with Gasteiger partial charge >= 0.3 is 0 Å². The molecule has 4 N–H and O–H groups in total. The lowest BCUT2D eigenvalue weighted by molar-refractivity contribution is 0.266. The molecule has 0 saturated carbocycles. The lowest BCUT2D eigenvalue weighted by Gasteiger charge is -2.06. The molecule has 0 aliphatic rings. The van der Waals surface area contributed by atoms with Gasteiger partial charge in [0.15, 0.2) is 0 Å². The quantitative estimate of drug-likeness (QED) is 0.631. The van der Waals surface area contributed by atoms with Gasteiger partial charge in [0.2, 0.25) is 0 Å². The lowest BCUT2D eigenvalue weighted by atomic mass is 10.2. The van der Waals surface area contributed by atoms with Gasteiger partial charge in [-0.3, -0.25) is 4.98 Å². The lowest BCUT2D eigenvalue weighted by Crippen LogP contribution is -2.26. The van der Waals surface area contributed by atoms with Crippen molar-refractivity contribution in [3.8, 4) is 0 Å². The number of nitrogens with zero attached hydrogens (tertiary/aromatic N) is 3. The molecule has 0 saturated heterocycles. The Kier molecular flexibility index (Phi) is 5.02. The van der Waals surface area contributed by atoms with Gasteiger partial charge in [-0.2, -0.15) is 5.10 Å². The fourth-order valence-electron chi connectivity index (χ4n) is 2.18. The van der Waals surface area contributed by atoms with E-state index < -0.39 is 0 Å². The Labute approximate surface area is 142 Å². The summed E-state index contributed by atoms with van der Waals surface area (Å²) in [5, 5.41) is 21.2. The first-order valence-electron chi connectivity index (χ1n) is 7.10. The highest BCUT2D eigenvalue weighted by Gasteiger charge is 2.17. The van der Waals surface area contributed by atoms with Crippen LogP contribution in [0.2, 0.25) is 5.02 Å². The Morgan fingerprint density at radius 2 is 2.13 bits per heavy atom. The molecule has 3 aromatic rings. The summed E-state index contributed by atoms with van der Waals surface area (Å²) in [6.45, 7) is 0.577. The van der Waals surface area contributed by atoms with Gasteiger partial charge in [-0.25, -0.2) is 0 Å². The van der Waals surface area contributed by atoms with Crippen molar-refractivity contribution >= 4 is 38.8 Å². The number of nitrogens with two attached hydrogens (primary N) is 1.